The first-order chi connectivity index (χ1) is 9.74. The largest absolute Gasteiger partial charge is 0.493 e. The van der Waals surface area contributed by atoms with Crippen LogP contribution in [0.2, 0.25) is 0 Å². The Labute approximate surface area is 128 Å². The molecule has 1 saturated carbocycles. The zero-order valence-corrected chi connectivity index (χ0v) is 13.1. The molecule has 3 nitrogen and oxygen atoms in total. The molecular formula is C16H20BrNO2. The quantitative estimate of drug-likeness (QED) is 0.840. The third-order valence-electron chi connectivity index (χ3n) is 4.28. The van der Waals surface area contributed by atoms with Crippen LogP contribution in [0, 0.1) is 0 Å². The van der Waals surface area contributed by atoms with E-state index in [4.69, 9.17) is 4.74 Å². The Morgan fingerprint density at radius 2 is 1.90 bits per heavy atom. The smallest absolute Gasteiger partial charge is 0.228 e. The van der Waals surface area contributed by atoms with Crippen LogP contribution in [0.5, 0.6) is 5.75 Å². The molecule has 1 aliphatic heterocycles. The lowest BCUT2D eigenvalue weighted by molar-refractivity contribution is -0.124. The highest BCUT2D eigenvalue weighted by Crippen LogP contribution is 2.34. The van der Waals surface area contributed by atoms with Crippen LogP contribution in [0.25, 0.3) is 0 Å². The van der Waals surface area contributed by atoms with Gasteiger partial charge < -0.3 is 10.1 Å². The summed E-state index contributed by atoms with van der Waals surface area (Å²) >= 11 is 3.65. The van der Waals surface area contributed by atoms with Crippen molar-refractivity contribution in [1.29, 1.82) is 0 Å². The van der Waals surface area contributed by atoms with Crippen molar-refractivity contribution in [2.75, 3.05) is 6.61 Å². The highest BCUT2D eigenvalue weighted by molar-refractivity contribution is 9.09. The summed E-state index contributed by atoms with van der Waals surface area (Å²) in [6, 6.07) is 8.23. The van der Waals surface area contributed by atoms with Crippen molar-refractivity contribution in [2.24, 2.45) is 0 Å². The number of amides is 1. The van der Waals surface area contributed by atoms with Gasteiger partial charge in [0.25, 0.3) is 0 Å². The van der Waals surface area contributed by atoms with Gasteiger partial charge in [-0.15, -0.1) is 0 Å². The first-order valence-electron chi connectivity index (χ1n) is 7.40. The minimum atomic E-state index is -0.0540. The summed E-state index contributed by atoms with van der Waals surface area (Å²) in [6.45, 7) is 0.628. The molecule has 3 rings (SSSR count). The maximum Gasteiger partial charge on any atom is 0.228 e. The molecule has 2 aliphatic rings. The van der Waals surface area contributed by atoms with Crippen molar-refractivity contribution in [2.45, 2.75) is 48.9 Å². The van der Waals surface area contributed by atoms with Gasteiger partial charge in [0.2, 0.25) is 5.91 Å². The molecule has 1 heterocycles. The average Bonchev–Trinajstić information content (AvgIpc) is 2.49. The molecule has 1 unspecified atom stereocenters. The second kappa shape index (κ2) is 6.17. The predicted molar refractivity (Wildman–Crippen MR) is 82.4 cm³/mol. The zero-order valence-electron chi connectivity index (χ0n) is 11.5. The maximum absolute atomic E-state index is 12.5. The van der Waals surface area contributed by atoms with Crippen LogP contribution < -0.4 is 10.1 Å². The topological polar surface area (TPSA) is 38.3 Å². The molecule has 1 aliphatic carbocycles. The fourth-order valence-electron chi connectivity index (χ4n) is 3.11. The van der Waals surface area contributed by atoms with Crippen molar-refractivity contribution in [1.82, 2.24) is 5.32 Å². The summed E-state index contributed by atoms with van der Waals surface area (Å²) in [5, 5.41) is 3.23. The molecule has 1 N–H and O–H groups in total. The first-order valence-corrected chi connectivity index (χ1v) is 8.32. The molecule has 1 atom stereocenters. The molecule has 1 fully saturated rings. The van der Waals surface area contributed by atoms with Crippen molar-refractivity contribution >= 4 is 21.8 Å². The number of hydrogen-bond acceptors (Lipinski definition) is 2. The van der Waals surface area contributed by atoms with Gasteiger partial charge in [-0.1, -0.05) is 34.1 Å². The fraction of sp³-hybridized carbons (Fsp3) is 0.562. The number of fused-ring (bicyclic) bond motifs is 1. The number of benzene rings is 1. The van der Waals surface area contributed by atoms with Crippen LogP contribution in [-0.2, 0) is 4.79 Å². The molecule has 1 aromatic carbocycles. The van der Waals surface area contributed by atoms with Gasteiger partial charge in [0.1, 0.15) is 5.75 Å². The van der Waals surface area contributed by atoms with Gasteiger partial charge in [0.15, 0.2) is 0 Å². The van der Waals surface area contributed by atoms with Crippen LogP contribution in [-0.4, -0.2) is 23.4 Å². The van der Waals surface area contributed by atoms with E-state index in [1.165, 1.54) is 0 Å². The summed E-state index contributed by atoms with van der Waals surface area (Å²) < 4.78 is 5.62. The third kappa shape index (κ3) is 3.00. The van der Waals surface area contributed by atoms with E-state index in [0.717, 1.165) is 43.4 Å². The monoisotopic (exact) mass is 337 g/mol. The standard InChI is InChI=1S/C16H20BrNO2/c17-11-5-7-12(8-6-11)18-16(19)14-9-10-20-15-4-2-1-3-13(14)15/h1-4,11-12,14H,5-10H2,(H,18,19). The molecule has 1 amide bonds. The summed E-state index contributed by atoms with van der Waals surface area (Å²) in [7, 11) is 0. The van der Waals surface area contributed by atoms with Crippen molar-refractivity contribution < 1.29 is 9.53 Å². The lowest BCUT2D eigenvalue weighted by atomic mass is 9.90. The molecule has 4 heteroatoms. The predicted octanol–water partition coefficient (Wildman–Crippen LogP) is 3.38. The molecule has 108 valence electrons. The summed E-state index contributed by atoms with van der Waals surface area (Å²) in [4.78, 5) is 13.2. The van der Waals surface area contributed by atoms with Crippen LogP contribution in [0.15, 0.2) is 24.3 Å². The minimum absolute atomic E-state index is 0.0540. The van der Waals surface area contributed by atoms with Crippen LogP contribution in [0.1, 0.15) is 43.6 Å². The second-order valence-electron chi connectivity index (χ2n) is 5.69. The normalized spacial score (nSPS) is 29.1. The highest BCUT2D eigenvalue weighted by Gasteiger charge is 2.29. The van der Waals surface area contributed by atoms with Gasteiger partial charge in [0.05, 0.1) is 12.5 Å². The number of hydrogen-bond donors (Lipinski definition) is 1. The van der Waals surface area contributed by atoms with E-state index in [2.05, 4.69) is 21.2 Å². The molecule has 0 radical (unpaired) electrons. The molecule has 0 bridgehead atoms. The Balaban J connectivity index is 1.66. The molecule has 20 heavy (non-hydrogen) atoms. The SMILES string of the molecule is O=C(NC1CCC(Br)CC1)C1CCOc2ccccc21. The number of rotatable bonds is 2. The maximum atomic E-state index is 12.5. The molecule has 0 saturated heterocycles. The van der Waals surface area contributed by atoms with Gasteiger partial charge in [-0.2, -0.15) is 0 Å². The molecular weight excluding hydrogens is 318 g/mol. The number of ether oxygens (including phenoxy) is 1. The Hall–Kier alpha value is -1.03. The number of halogens is 1. The Bertz CT molecular complexity index is 483. The number of alkyl halides is 1. The van der Waals surface area contributed by atoms with E-state index in [1.54, 1.807) is 0 Å². The number of para-hydroxylation sites is 1. The third-order valence-corrected chi connectivity index (χ3v) is 5.19. The van der Waals surface area contributed by atoms with E-state index >= 15 is 0 Å². The summed E-state index contributed by atoms with van der Waals surface area (Å²) in [5.74, 6) is 0.975. The van der Waals surface area contributed by atoms with E-state index in [0.29, 0.717) is 17.5 Å². The van der Waals surface area contributed by atoms with Crippen molar-refractivity contribution in [3.63, 3.8) is 0 Å². The zero-order chi connectivity index (χ0) is 13.9. The molecule has 0 spiro atoms. The Morgan fingerprint density at radius 1 is 1.15 bits per heavy atom. The Morgan fingerprint density at radius 3 is 2.70 bits per heavy atom. The molecule has 0 aromatic heterocycles. The van der Waals surface area contributed by atoms with Gasteiger partial charge in [0, 0.05) is 16.4 Å². The lowest BCUT2D eigenvalue weighted by Crippen LogP contribution is -2.41. The number of carbonyl (C=O) groups is 1. The van der Waals surface area contributed by atoms with Gasteiger partial charge in [-0.25, -0.2) is 0 Å². The van der Waals surface area contributed by atoms with Gasteiger partial charge in [-0.05, 0) is 38.2 Å². The van der Waals surface area contributed by atoms with Gasteiger partial charge in [-0.3, -0.25) is 4.79 Å². The van der Waals surface area contributed by atoms with E-state index in [-0.39, 0.29) is 11.8 Å². The van der Waals surface area contributed by atoms with Crippen LogP contribution in [0.3, 0.4) is 0 Å². The second-order valence-corrected chi connectivity index (χ2v) is 6.98. The van der Waals surface area contributed by atoms with Crippen molar-refractivity contribution in [3.05, 3.63) is 29.8 Å². The first kappa shape index (κ1) is 13.9. The molecule has 1 aromatic rings. The van der Waals surface area contributed by atoms with Gasteiger partial charge >= 0.3 is 0 Å². The lowest BCUT2D eigenvalue weighted by Gasteiger charge is -2.30. The van der Waals surface area contributed by atoms with Crippen LogP contribution >= 0.6 is 15.9 Å². The van der Waals surface area contributed by atoms with E-state index < -0.39 is 0 Å². The summed E-state index contributed by atoms with van der Waals surface area (Å²) in [5.41, 5.74) is 1.03. The van der Waals surface area contributed by atoms with E-state index in [9.17, 15) is 4.79 Å². The number of nitrogens with one attached hydrogen (secondary N) is 1. The fourth-order valence-corrected chi connectivity index (χ4v) is 3.64. The van der Waals surface area contributed by atoms with E-state index in [1.807, 2.05) is 24.3 Å². The average molecular weight is 338 g/mol. The minimum Gasteiger partial charge on any atom is -0.493 e. The number of carbonyl (C=O) groups excluding carboxylic acids is 1. The Kier molecular flexibility index (Phi) is 4.29. The van der Waals surface area contributed by atoms with Crippen LogP contribution in [0.4, 0.5) is 0 Å². The summed E-state index contributed by atoms with van der Waals surface area (Å²) in [6.07, 6.45) is 5.22. The highest BCUT2D eigenvalue weighted by atomic mass is 79.9. The van der Waals surface area contributed by atoms with Crippen molar-refractivity contribution in [3.8, 4) is 5.75 Å².